The van der Waals surface area contributed by atoms with Crippen LogP contribution >= 0.6 is 11.3 Å². The number of H-pyrrole nitrogens is 1. The molecule has 7 nitrogen and oxygen atoms in total. The van der Waals surface area contributed by atoms with Crippen LogP contribution in [0.3, 0.4) is 0 Å². The molecule has 0 aromatic carbocycles. The van der Waals surface area contributed by atoms with E-state index in [-0.39, 0.29) is 6.42 Å². The fourth-order valence-electron chi connectivity index (χ4n) is 1.66. The van der Waals surface area contributed by atoms with Crippen LogP contribution in [0, 0.1) is 0 Å². The number of aromatic nitrogens is 2. The highest BCUT2D eigenvalue weighted by Gasteiger charge is 2.23. The van der Waals surface area contributed by atoms with Crippen molar-refractivity contribution in [3.63, 3.8) is 0 Å². The van der Waals surface area contributed by atoms with E-state index in [0.717, 1.165) is 0 Å². The predicted octanol–water partition coefficient (Wildman–Crippen LogP) is 0.905. The minimum Gasteiger partial charge on any atom is -0.495 e. The van der Waals surface area contributed by atoms with Crippen LogP contribution in [-0.2, 0) is 11.2 Å². The molecule has 8 heteroatoms. The smallest absolute Gasteiger partial charge is 0.326 e. The zero-order valence-electron chi connectivity index (χ0n) is 10.6. The summed E-state index contributed by atoms with van der Waals surface area (Å²) in [4.78, 5) is 30.2. The van der Waals surface area contributed by atoms with Gasteiger partial charge in [0, 0.05) is 18.3 Å². The zero-order valence-corrected chi connectivity index (χ0v) is 11.4. The van der Waals surface area contributed by atoms with Crippen molar-refractivity contribution in [2.45, 2.75) is 12.5 Å². The fourth-order valence-corrected chi connectivity index (χ4v) is 2.43. The highest BCUT2D eigenvalue weighted by Crippen LogP contribution is 2.24. The molecule has 2 rings (SSSR count). The highest BCUT2D eigenvalue weighted by molar-refractivity contribution is 7.12. The Morgan fingerprint density at radius 2 is 2.40 bits per heavy atom. The summed E-state index contributed by atoms with van der Waals surface area (Å²) < 4.78 is 5.04. The minimum atomic E-state index is -1.11. The molecule has 20 heavy (non-hydrogen) atoms. The number of nitrogens with zero attached hydrogens (tertiary/aromatic N) is 1. The molecular formula is C12H13N3O4S. The van der Waals surface area contributed by atoms with Crippen LogP contribution in [0.2, 0.25) is 0 Å². The molecule has 0 bridgehead atoms. The SMILES string of the molecule is COc1ccsc1C(=O)NC(Cc1cnc[nH]1)C(=O)O. The molecule has 106 valence electrons. The van der Waals surface area contributed by atoms with Crippen molar-refractivity contribution in [2.75, 3.05) is 7.11 Å². The Morgan fingerprint density at radius 1 is 1.60 bits per heavy atom. The number of hydrogen-bond acceptors (Lipinski definition) is 5. The topological polar surface area (TPSA) is 104 Å². The summed E-state index contributed by atoms with van der Waals surface area (Å²) in [6.45, 7) is 0. The maximum absolute atomic E-state index is 12.1. The van der Waals surface area contributed by atoms with Gasteiger partial charge in [-0.2, -0.15) is 0 Å². The van der Waals surface area contributed by atoms with E-state index in [4.69, 9.17) is 9.84 Å². The van der Waals surface area contributed by atoms with Crippen LogP contribution in [0.4, 0.5) is 0 Å². The van der Waals surface area contributed by atoms with Crippen molar-refractivity contribution in [1.29, 1.82) is 0 Å². The molecule has 0 fully saturated rings. The molecule has 1 unspecified atom stereocenters. The van der Waals surface area contributed by atoms with E-state index >= 15 is 0 Å². The van der Waals surface area contributed by atoms with Gasteiger partial charge in [0.2, 0.25) is 0 Å². The highest BCUT2D eigenvalue weighted by atomic mass is 32.1. The number of amides is 1. The van der Waals surface area contributed by atoms with Gasteiger partial charge in [-0.25, -0.2) is 9.78 Å². The van der Waals surface area contributed by atoms with Gasteiger partial charge < -0.3 is 20.1 Å². The average molecular weight is 295 g/mol. The van der Waals surface area contributed by atoms with Crippen LogP contribution in [0.5, 0.6) is 5.75 Å². The standard InChI is InChI=1S/C12H13N3O4S/c1-19-9-2-3-20-10(9)11(16)15-8(12(17)18)4-7-5-13-6-14-7/h2-3,5-6,8H,4H2,1H3,(H,13,14)(H,15,16)(H,17,18). The lowest BCUT2D eigenvalue weighted by Gasteiger charge is -2.13. The number of carbonyl (C=O) groups is 2. The number of aliphatic carboxylic acids is 1. The van der Waals surface area contributed by atoms with Gasteiger partial charge in [0.05, 0.1) is 13.4 Å². The van der Waals surface area contributed by atoms with Crippen LogP contribution < -0.4 is 10.1 Å². The van der Waals surface area contributed by atoms with E-state index in [1.807, 2.05) is 0 Å². The minimum absolute atomic E-state index is 0.134. The average Bonchev–Trinajstić information content (AvgIpc) is 3.08. The molecule has 3 N–H and O–H groups in total. The van der Waals surface area contributed by atoms with E-state index < -0.39 is 17.9 Å². The van der Waals surface area contributed by atoms with Crippen molar-refractivity contribution in [1.82, 2.24) is 15.3 Å². The van der Waals surface area contributed by atoms with Crippen LogP contribution in [0.15, 0.2) is 24.0 Å². The molecule has 1 atom stereocenters. The Labute approximate surface area is 118 Å². The third-order valence-electron chi connectivity index (χ3n) is 2.64. The second-order valence-corrected chi connectivity index (χ2v) is 4.88. The molecule has 0 radical (unpaired) electrons. The molecule has 2 aromatic heterocycles. The molecule has 1 amide bonds. The van der Waals surface area contributed by atoms with E-state index in [0.29, 0.717) is 16.3 Å². The van der Waals surface area contributed by atoms with Gasteiger partial charge in [0.15, 0.2) is 0 Å². The molecule has 0 aliphatic rings. The molecule has 2 aromatic rings. The lowest BCUT2D eigenvalue weighted by molar-refractivity contribution is -0.139. The first-order valence-corrected chi connectivity index (χ1v) is 6.62. The number of imidazole rings is 1. The lowest BCUT2D eigenvalue weighted by atomic mass is 10.1. The largest absolute Gasteiger partial charge is 0.495 e. The number of rotatable bonds is 6. The lowest BCUT2D eigenvalue weighted by Crippen LogP contribution is -2.42. The Balaban J connectivity index is 2.08. The number of ether oxygens (including phenoxy) is 1. The number of carboxylic acids is 1. The van der Waals surface area contributed by atoms with Crippen molar-refractivity contribution < 1.29 is 19.4 Å². The van der Waals surface area contributed by atoms with Gasteiger partial charge in [-0.15, -0.1) is 11.3 Å². The van der Waals surface area contributed by atoms with Crippen molar-refractivity contribution >= 4 is 23.2 Å². The second-order valence-electron chi connectivity index (χ2n) is 3.96. The zero-order chi connectivity index (χ0) is 14.5. The van der Waals surface area contributed by atoms with Crippen molar-refractivity contribution in [3.05, 3.63) is 34.5 Å². The number of carboxylic acid groups (broad SMARTS) is 1. The first kappa shape index (κ1) is 14.1. The number of carbonyl (C=O) groups excluding carboxylic acids is 1. The quantitative estimate of drug-likeness (QED) is 0.734. The van der Waals surface area contributed by atoms with Gasteiger partial charge in [0.1, 0.15) is 16.7 Å². The first-order chi connectivity index (χ1) is 9.61. The van der Waals surface area contributed by atoms with Gasteiger partial charge in [-0.3, -0.25) is 4.79 Å². The van der Waals surface area contributed by atoms with Crippen LogP contribution in [-0.4, -0.2) is 40.1 Å². The fraction of sp³-hybridized carbons (Fsp3) is 0.250. The molecule has 0 saturated heterocycles. The normalized spacial score (nSPS) is 11.8. The van der Waals surface area contributed by atoms with E-state index in [1.165, 1.54) is 31.0 Å². The number of methoxy groups -OCH3 is 1. The number of aromatic amines is 1. The van der Waals surface area contributed by atoms with Crippen molar-refractivity contribution in [3.8, 4) is 5.75 Å². The molecule has 0 aliphatic carbocycles. The van der Waals surface area contributed by atoms with Gasteiger partial charge >= 0.3 is 5.97 Å². The predicted molar refractivity (Wildman–Crippen MR) is 72.1 cm³/mol. The molecular weight excluding hydrogens is 282 g/mol. The van der Waals surface area contributed by atoms with Crippen LogP contribution in [0.1, 0.15) is 15.4 Å². The van der Waals surface area contributed by atoms with E-state index in [9.17, 15) is 9.59 Å². The molecule has 0 saturated carbocycles. The summed E-state index contributed by atoms with van der Waals surface area (Å²) >= 11 is 1.19. The summed E-state index contributed by atoms with van der Waals surface area (Å²) in [6.07, 6.45) is 3.11. The van der Waals surface area contributed by atoms with Crippen molar-refractivity contribution in [2.24, 2.45) is 0 Å². The van der Waals surface area contributed by atoms with Gasteiger partial charge in [-0.05, 0) is 11.4 Å². The summed E-state index contributed by atoms with van der Waals surface area (Å²) in [5.41, 5.74) is 0.635. The molecule has 0 aliphatic heterocycles. The van der Waals surface area contributed by atoms with E-state index in [2.05, 4.69) is 15.3 Å². The van der Waals surface area contributed by atoms with E-state index in [1.54, 1.807) is 11.4 Å². The van der Waals surface area contributed by atoms with Gasteiger partial charge in [0.25, 0.3) is 5.91 Å². The Morgan fingerprint density at radius 3 is 3.00 bits per heavy atom. The molecule has 2 heterocycles. The summed E-state index contributed by atoms with van der Waals surface area (Å²) in [7, 11) is 1.46. The van der Waals surface area contributed by atoms with Crippen LogP contribution in [0.25, 0.3) is 0 Å². The Kier molecular flexibility index (Phi) is 4.36. The number of nitrogens with one attached hydrogen (secondary N) is 2. The second kappa shape index (κ2) is 6.20. The first-order valence-electron chi connectivity index (χ1n) is 5.74. The monoisotopic (exact) mass is 295 g/mol. The third-order valence-corrected chi connectivity index (χ3v) is 3.53. The summed E-state index contributed by atoms with van der Waals surface area (Å²) in [5.74, 6) is -1.15. The maximum atomic E-state index is 12.1. The number of hydrogen-bond donors (Lipinski definition) is 3. The third kappa shape index (κ3) is 3.15. The Bertz CT molecular complexity index is 594. The summed E-state index contributed by atoms with van der Waals surface area (Å²) in [6, 6.07) is 0.624. The summed E-state index contributed by atoms with van der Waals surface area (Å²) in [5, 5.41) is 13.4. The maximum Gasteiger partial charge on any atom is 0.326 e. The molecule has 0 spiro atoms. The Hall–Kier alpha value is -2.35. The number of thiophene rings is 1. The van der Waals surface area contributed by atoms with Gasteiger partial charge in [-0.1, -0.05) is 0 Å².